The minimum atomic E-state index is -0.936. The Morgan fingerprint density at radius 2 is 1.93 bits per heavy atom. The van der Waals surface area contributed by atoms with E-state index in [4.69, 9.17) is 9.47 Å². The van der Waals surface area contributed by atoms with Gasteiger partial charge < -0.3 is 19.6 Å². The number of rotatable bonds is 13. The van der Waals surface area contributed by atoms with E-state index < -0.39 is 15.8 Å². The van der Waals surface area contributed by atoms with Crippen LogP contribution in [-0.4, -0.2) is 77.7 Å². The molecule has 2 unspecified atom stereocenters. The number of thiol groups is 2. The molecule has 1 rings (SSSR count). The number of carbonyl (C=O) groups is 4. The summed E-state index contributed by atoms with van der Waals surface area (Å²) in [6, 6.07) is 0. The Kier molecular flexibility index (Phi) is 10.2. The van der Waals surface area contributed by atoms with Crippen LogP contribution < -0.4 is 5.32 Å². The summed E-state index contributed by atoms with van der Waals surface area (Å²) in [5, 5.41) is 2.22. The van der Waals surface area contributed by atoms with Crippen molar-refractivity contribution in [2.45, 2.75) is 62.6 Å². The molecule has 0 bridgehead atoms. The molecule has 0 radical (unpaired) electrons. The van der Waals surface area contributed by atoms with Crippen LogP contribution in [0.3, 0.4) is 0 Å². The summed E-state index contributed by atoms with van der Waals surface area (Å²) in [6.45, 7) is 7.61. The first-order valence-corrected chi connectivity index (χ1v) is 10.6. The second-order valence-electron chi connectivity index (χ2n) is 8.01. The van der Waals surface area contributed by atoms with Crippen LogP contribution in [0.25, 0.3) is 0 Å². The van der Waals surface area contributed by atoms with Crippen molar-refractivity contribution in [2.75, 3.05) is 26.3 Å². The predicted octanol–water partition coefficient (Wildman–Crippen LogP) is 0.409. The molecule has 0 aromatic carbocycles. The van der Waals surface area contributed by atoms with E-state index in [1.807, 2.05) is 13.8 Å². The van der Waals surface area contributed by atoms with Crippen LogP contribution in [0, 0.1) is 0 Å². The summed E-state index contributed by atoms with van der Waals surface area (Å²) in [6.07, 6.45) is 0.934. The van der Waals surface area contributed by atoms with Gasteiger partial charge in [-0.3, -0.25) is 19.3 Å². The fourth-order valence-electron chi connectivity index (χ4n) is 2.58. The number of likely N-dealkylation sites (tertiary alicyclic amines) is 1. The molecule has 2 atom stereocenters. The summed E-state index contributed by atoms with van der Waals surface area (Å²) < 4.78 is 11.5. The maximum atomic E-state index is 11.8. The van der Waals surface area contributed by atoms with Crippen LogP contribution >= 0.6 is 25.3 Å². The Morgan fingerprint density at radius 3 is 2.48 bits per heavy atom. The molecule has 1 aliphatic heterocycles. The fourth-order valence-corrected chi connectivity index (χ4v) is 3.03. The number of carbonyl (C=O) groups excluding carboxylic acids is 4. The average Bonchev–Trinajstić information content (AvgIpc) is 2.84. The summed E-state index contributed by atoms with van der Waals surface area (Å²) in [4.78, 5) is 46.5. The van der Waals surface area contributed by atoms with Crippen molar-refractivity contribution in [3.8, 4) is 0 Å². The molecule has 1 saturated heterocycles. The van der Waals surface area contributed by atoms with Crippen molar-refractivity contribution in [3.05, 3.63) is 0 Å². The fraction of sp³-hybridized carbons (Fsp3) is 0.778. The molecular weight excluding hydrogens is 415 g/mol. The van der Waals surface area contributed by atoms with E-state index in [0.717, 1.165) is 4.90 Å². The van der Waals surface area contributed by atoms with Crippen LogP contribution in [0.2, 0.25) is 6.32 Å². The van der Waals surface area contributed by atoms with Gasteiger partial charge in [0.2, 0.25) is 25.0 Å². The van der Waals surface area contributed by atoms with Crippen molar-refractivity contribution < 1.29 is 28.7 Å². The van der Waals surface area contributed by atoms with Crippen LogP contribution in [0.1, 0.15) is 40.5 Å². The number of amides is 3. The Balaban J connectivity index is 2.31. The molecule has 1 N–H and O–H groups in total. The van der Waals surface area contributed by atoms with Gasteiger partial charge in [-0.25, -0.2) is 0 Å². The molecule has 0 saturated carbocycles. The standard InChI is InChI=1S/C18H31BN2O6S2/c1-12(22)19-6-5-14(23)20-10-17(2,3)27-11-18(4,29)26-8-7-21-15(24)9-13(28)16(21)25/h13,19,28-29H,5-11H2,1-4H3,(H,20,23). The van der Waals surface area contributed by atoms with Crippen LogP contribution in [0.15, 0.2) is 0 Å². The quantitative estimate of drug-likeness (QED) is 0.164. The molecule has 0 aliphatic carbocycles. The first kappa shape index (κ1) is 26.0. The van der Waals surface area contributed by atoms with Crippen molar-refractivity contribution in [2.24, 2.45) is 0 Å². The smallest absolute Gasteiger partial charge is 0.242 e. The van der Waals surface area contributed by atoms with E-state index in [2.05, 4.69) is 30.6 Å². The van der Waals surface area contributed by atoms with Crippen molar-refractivity contribution in [3.63, 3.8) is 0 Å². The third-order valence-corrected chi connectivity index (χ3v) is 4.98. The SMILES string of the molecule is CC(=O)BCCC(=O)NCC(C)(C)OCC(C)(S)OCCN1C(=O)CC(S)C1=O. The Hall–Kier alpha value is -1.04. The molecule has 164 valence electrons. The minimum Gasteiger partial charge on any atom is -0.370 e. The molecule has 1 heterocycles. The minimum absolute atomic E-state index is 0.0680. The molecular formula is C18H31BN2O6S2. The van der Waals surface area contributed by atoms with Gasteiger partial charge in [-0.1, -0.05) is 6.32 Å². The molecule has 8 nitrogen and oxygen atoms in total. The maximum absolute atomic E-state index is 11.8. The largest absolute Gasteiger partial charge is 0.370 e. The summed E-state index contributed by atoms with van der Waals surface area (Å²) in [5.74, 6) is -0.689. The number of hydrogen-bond acceptors (Lipinski definition) is 8. The van der Waals surface area contributed by atoms with Crippen molar-refractivity contribution >= 4 is 55.9 Å². The lowest BCUT2D eigenvalue weighted by atomic mass is 9.69. The first-order valence-electron chi connectivity index (χ1n) is 9.62. The van der Waals surface area contributed by atoms with Gasteiger partial charge in [0.25, 0.3) is 0 Å². The summed E-state index contributed by atoms with van der Waals surface area (Å²) in [5.41, 5.74) is -0.581. The third kappa shape index (κ3) is 10.0. The zero-order chi connectivity index (χ0) is 22.2. The molecule has 11 heteroatoms. The number of ether oxygens (including phenoxy) is 2. The van der Waals surface area contributed by atoms with Gasteiger partial charge in [0.15, 0.2) is 0 Å². The first-order chi connectivity index (χ1) is 13.3. The normalized spacial score (nSPS) is 19.2. The predicted molar refractivity (Wildman–Crippen MR) is 118 cm³/mol. The highest BCUT2D eigenvalue weighted by molar-refractivity contribution is 7.82. The Morgan fingerprint density at radius 1 is 1.28 bits per heavy atom. The summed E-state index contributed by atoms with van der Waals surface area (Å²) in [7, 11) is 0.395. The van der Waals surface area contributed by atoms with Gasteiger partial charge in [0, 0.05) is 19.4 Å². The number of nitrogens with zero attached hydrogens (tertiary/aromatic N) is 1. The number of imide groups is 1. The Labute approximate surface area is 183 Å². The maximum Gasteiger partial charge on any atom is 0.242 e. The van der Waals surface area contributed by atoms with Gasteiger partial charge in [0.05, 0.1) is 36.3 Å². The second kappa shape index (κ2) is 11.4. The van der Waals surface area contributed by atoms with Gasteiger partial charge in [-0.05, 0) is 27.7 Å². The van der Waals surface area contributed by atoms with Crippen molar-refractivity contribution in [1.82, 2.24) is 10.2 Å². The molecule has 1 fully saturated rings. The van der Waals surface area contributed by atoms with Gasteiger partial charge >= 0.3 is 0 Å². The molecule has 0 aromatic rings. The highest BCUT2D eigenvalue weighted by atomic mass is 32.1. The van der Waals surface area contributed by atoms with E-state index >= 15 is 0 Å². The van der Waals surface area contributed by atoms with E-state index in [-0.39, 0.29) is 49.6 Å². The van der Waals surface area contributed by atoms with Gasteiger partial charge in [-0.2, -0.15) is 12.6 Å². The highest BCUT2D eigenvalue weighted by Gasteiger charge is 2.36. The van der Waals surface area contributed by atoms with Crippen LogP contribution in [0.5, 0.6) is 0 Å². The van der Waals surface area contributed by atoms with Crippen LogP contribution in [-0.2, 0) is 28.7 Å². The number of hydrogen-bond donors (Lipinski definition) is 3. The van der Waals surface area contributed by atoms with E-state index in [1.165, 1.54) is 6.92 Å². The molecule has 3 amide bonds. The molecule has 0 aromatic heterocycles. The monoisotopic (exact) mass is 446 g/mol. The lowest BCUT2D eigenvalue weighted by Crippen LogP contribution is -2.44. The zero-order valence-electron chi connectivity index (χ0n) is 17.5. The highest BCUT2D eigenvalue weighted by Crippen LogP contribution is 2.21. The number of nitrogens with one attached hydrogen (secondary N) is 1. The lowest BCUT2D eigenvalue weighted by Gasteiger charge is -2.32. The third-order valence-electron chi connectivity index (χ3n) is 4.32. The van der Waals surface area contributed by atoms with Gasteiger partial charge in [-0.15, -0.1) is 12.6 Å². The zero-order valence-corrected chi connectivity index (χ0v) is 19.3. The summed E-state index contributed by atoms with van der Waals surface area (Å²) >= 11 is 8.52. The lowest BCUT2D eigenvalue weighted by molar-refractivity contribution is -0.140. The Bertz CT molecular complexity index is 629. The van der Waals surface area contributed by atoms with Crippen molar-refractivity contribution in [1.29, 1.82) is 0 Å². The van der Waals surface area contributed by atoms with Gasteiger partial charge in [0.1, 0.15) is 4.93 Å². The molecule has 0 spiro atoms. The molecule has 1 aliphatic rings. The van der Waals surface area contributed by atoms with E-state index in [1.54, 1.807) is 6.92 Å². The topological polar surface area (TPSA) is 102 Å². The average molecular weight is 446 g/mol. The van der Waals surface area contributed by atoms with E-state index in [9.17, 15) is 19.2 Å². The molecule has 29 heavy (non-hydrogen) atoms. The second-order valence-corrected chi connectivity index (χ2v) is 9.58. The van der Waals surface area contributed by atoms with Crippen LogP contribution in [0.4, 0.5) is 0 Å². The van der Waals surface area contributed by atoms with E-state index in [0.29, 0.717) is 26.6 Å².